The molecule has 2 aliphatic rings. The molecule has 2 atom stereocenters. The molecule has 0 bridgehead atoms. The zero-order valence-electron chi connectivity index (χ0n) is 36.4. The minimum atomic E-state index is -0.171. The first-order valence-electron chi connectivity index (χ1n) is 22.2. The number of nitrogens with zero attached hydrogens (tertiary/aromatic N) is 2. The van der Waals surface area contributed by atoms with E-state index in [1.165, 1.54) is 44.5 Å². The second-order valence-electron chi connectivity index (χ2n) is 16.7. The predicted molar refractivity (Wildman–Crippen MR) is 254 cm³/mol. The molecular weight excluding hydrogens is 765 g/mol. The number of hydrogen-bond donors (Lipinski definition) is 0. The standard InChI is InChI=1S/C56H56N2O4/c1-39-11-21-51(37-41(39)3)57(49-27-31-53(32-28-49)61-55-9-5-7-35-59-55)47-23-17-45(18-24-47)43-13-15-44(16-14-43)46-19-25-48(26-20-46)58(52-22-12-40(2)42(4)38-52)50-29-33-54(34-30-50)62-56-10-6-8-36-60-56/h11-34,37-38,55-56H,5-10,35-36H2,1-4H3. The summed E-state index contributed by atoms with van der Waals surface area (Å²) in [5.41, 5.74) is 16.3. The van der Waals surface area contributed by atoms with Gasteiger partial charge in [0.2, 0.25) is 0 Å². The number of aryl methyl sites for hydroxylation is 4. The Morgan fingerprint density at radius 3 is 0.968 bits per heavy atom. The summed E-state index contributed by atoms with van der Waals surface area (Å²) < 4.78 is 24.0. The Morgan fingerprint density at radius 1 is 0.355 bits per heavy atom. The van der Waals surface area contributed by atoms with Gasteiger partial charge in [-0.15, -0.1) is 0 Å². The highest BCUT2D eigenvalue weighted by atomic mass is 16.7. The van der Waals surface area contributed by atoms with Crippen molar-refractivity contribution in [2.75, 3.05) is 23.0 Å². The summed E-state index contributed by atoms with van der Waals surface area (Å²) in [6, 6.07) is 56.6. The molecule has 6 heteroatoms. The fourth-order valence-electron chi connectivity index (χ4n) is 8.34. The lowest BCUT2D eigenvalue weighted by molar-refractivity contribution is -0.106. The molecule has 2 aliphatic heterocycles. The number of rotatable bonds is 12. The van der Waals surface area contributed by atoms with E-state index in [2.05, 4.69) is 195 Å². The van der Waals surface area contributed by atoms with Crippen LogP contribution in [0.3, 0.4) is 0 Å². The van der Waals surface area contributed by atoms with Crippen LogP contribution in [0, 0.1) is 27.7 Å². The maximum atomic E-state index is 6.16. The maximum Gasteiger partial charge on any atom is 0.199 e. The summed E-state index contributed by atoms with van der Waals surface area (Å²) in [6.07, 6.45) is 5.98. The van der Waals surface area contributed by atoms with Gasteiger partial charge < -0.3 is 28.7 Å². The molecule has 2 fully saturated rings. The molecule has 2 unspecified atom stereocenters. The molecule has 0 amide bonds. The van der Waals surface area contributed by atoms with Crippen molar-refractivity contribution in [1.29, 1.82) is 0 Å². The predicted octanol–water partition coefficient (Wildman–Crippen LogP) is 15.0. The maximum absolute atomic E-state index is 6.16. The van der Waals surface area contributed by atoms with Crippen LogP contribution in [0.2, 0.25) is 0 Å². The first kappa shape index (κ1) is 41.0. The third-order valence-electron chi connectivity index (χ3n) is 12.3. The van der Waals surface area contributed by atoms with Gasteiger partial charge in [0.1, 0.15) is 11.5 Å². The van der Waals surface area contributed by atoms with Gasteiger partial charge in [-0.1, -0.05) is 60.7 Å². The third-order valence-corrected chi connectivity index (χ3v) is 12.3. The molecule has 9 rings (SSSR count). The van der Waals surface area contributed by atoms with Gasteiger partial charge in [-0.2, -0.15) is 0 Å². The highest BCUT2D eigenvalue weighted by Gasteiger charge is 2.19. The van der Waals surface area contributed by atoms with Crippen LogP contribution in [0.1, 0.15) is 60.8 Å². The van der Waals surface area contributed by atoms with Crippen LogP contribution in [-0.2, 0) is 9.47 Å². The Hall–Kier alpha value is -6.34. The second-order valence-corrected chi connectivity index (χ2v) is 16.7. The number of hydrogen-bond acceptors (Lipinski definition) is 6. The molecule has 0 spiro atoms. The molecule has 2 heterocycles. The van der Waals surface area contributed by atoms with E-state index in [0.29, 0.717) is 0 Å². The van der Waals surface area contributed by atoms with Gasteiger partial charge >= 0.3 is 0 Å². The van der Waals surface area contributed by atoms with Gasteiger partial charge in [0.15, 0.2) is 12.6 Å². The van der Waals surface area contributed by atoms with Crippen molar-refractivity contribution in [3.8, 4) is 33.8 Å². The van der Waals surface area contributed by atoms with Crippen LogP contribution in [0.5, 0.6) is 11.5 Å². The van der Waals surface area contributed by atoms with Gasteiger partial charge in [-0.05, 0) is 195 Å². The van der Waals surface area contributed by atoms with Crippen molar-refractivity contribution in [1.82, 2.24) is 0 Å². The zero-order valence-corrected chi connectivity index (χ0v) is 36.4. The quantitative estimate of drug-likeness (QED) is 0.122. The van der Waals surface area contributed by atoms with E-state index in [1.54, 1.807) is 0 Å². The molecule has 314 valence electrons. The molecule has 7 aromatic rings. The highest BCUT2D eigenvalue weighted by molar-refractivity contribution is 5.81. The van der Waals surface area contributed by atoms with Gasteiger partial charge in [0.25, 0.3) is 0 Å². The lowest BCUT2D eigenvalue weighted by Crippen LogP contribution is -2.24. The van der Waals surface area contributed by atoms with E-state index in [4.69, 9.17) is 18.9 Å². The van der Waals surface area contributed by atoms with Gasteiger partial charge in [0.05, 0.1) is 13.2 Å². The van der Waals surface area contributed by atoms with Gasteiger partial charge in [0, 0.05) is 47.0 Å². The molecule has 0 aromatic heterocycles. The average Bonchev–Trinajstić information content (AvgIpc) is 3.31. The summed E-state index contributed by atoms with van der Waals surface area (Å²) in [4.78, 5) is 4.62. The Balaban J connectivity index is 0.931. The smallest absolute Gasteiger partial charge is 0.199 e. The van der Waals surface area contributed by atoms with Gasteiger partial charge in [-0.3, -0.25) is 0 Å². The van der Waals surface area contributed by atoms with Crippen molar-refractivity contribution in [3.63, 3.8) is 0 Å². The SMILES string of the molecule is Cc1ccc(N(c2ccc(OC3CCCCO3)cc2)c2ccc(-c3ccc(-c4ccc(N(c5ccc(OC6CCCCO6)cc5)c5ccc(C)c(C)c5)cc4)cc3)cc2)cc1C. The number of benzene rings is 7. The fraction of sp³-hybridized carbons (Fsp3) is 0.250. The molecule has 0 N–H and O–H groups in total. The van der Waals surface area contributed by atoms with Gasteiger partial charge in [-0.25, -0.2) is 0 Å². The lowest BCUT2D eigenvalue weighted by Gasteiger charge is -2.27. The molecule has 0 aliphatic carbocycles. The molecule has 2 saturated heterocycles. The Labute approximate surface area is 367 Å². The summed E-state index contributed by atoms with van der Waals surface area (Å²) in [5.74, 6) is 1.65. The Kier molecular flexibility index (Phi) is 12.4. The largest absolute Gasteiger partial charge is 0.465 e. The molecule has 7 aromatic carbocycles. The molecule has 62 heavy (non-hydrogen) atoms. The first-order chi connectivity index (χ1) is 30.3. The summed E-state index contributed by atoms with van der Waals surface area (Å²) in [7, 11) is 0. The van der Waals surface area contributed by atoms with E-state index < -0.39 is 0 Å². The number of anilines is 6. The summed E-state index contributed by atoms with van der Waals surface area (Å²) >= 11 is 0. The molecule has 0 radical (unpaired) electrons. The van der Waals surface area contributed by atoms with E-state index in [1.807, 2.05) is 0 Å². The second kappa shape index (κ2) is 18.7. The Bertz CT molecular complexity index is 2380. The molecular formula is C56H56N2O4. The van der Waals surface area contributed by atoms with Crippen LogP contribution in [-0.4, -0.2) is 25.8 Å². The van der Waals surface area contributed by atoms with E-state index in [-0.39, 0.29) is 12.6 Å². The van der Waals surface area contributed by atoms with E-state index in [0.717, 1.165) is 97.4 Å². The van der Waals surface area contributed by atoms with Crippen LogP contribution in [0.15, 0.2) is 158 Å². The molecule has 0 saturated carbocycles. The number of ether oxygens (including phenoxy) is 4. The van der Waals surface area contributed by atoms with Crippen LogP contribution in [0.4, 0.5) is 34.1 Å². The molecule has 6 nitrogen and oxygen atoms in total. The van der Waals surface area contributed by atoms with Crippen molar-refractivity contribution in [2.24, 2.45) is 0 Å². The first-order valence-corrected chi connectivity index (χ1v) is 22.2. The minimum absolute atomic E-state index is 0.171. The third kappa shape index (κ3) is 9.42. The average molecular weight is 821 g/mol. The minimum Gasteiger partial charge on any atom is -0.465 e. The highest BCUT2D eigenvalue weighted by Crippen LogP contribution is 2.40. The van der Waals surface area contributed by atoms with E-state index >= 15 is 0 Å². The summed E-state index contributed by atoms with van der Waals surface area (Å²) in [6.45, 7) is 10.2. The monoisotopic (exact) mass is 820 g/mol. The van der Waals surface area contributed by atoms with E-state index in [9.17, 15) is 0 Å². The van der Waals surface area contributed by atoms with Crippen molar-refractivity contribution in [2.45, 2.75) is 78.8 Å². The zero-order chi connectivity index (χ0) is 42.4. The summed E-state index contributed by atoms with van der Waals surface area (Å²) in [5, 5.41) is 0. The normalized spacial score (nSPS) is 16.4. The topological polar surface area (TPSA) is 43.4 Å². The van der Waals surface area contributed by atoms with Crippen LogP contribution in [0.25, 0.3) is 22.3 Å². The Morgan fingerprint density at radius 2 is 0.661 bits per heavy atom. The van der Waals surface area contributed by atoms with Crippen molar-refractivity contribution in [3.05, 3.63) is 180 Å². The van der Waals surface area contributed by atoms with Crippen molar-refractivity contribution < 1.29 is 18.9 Å². The van der Waals surface area contributed by atoms with Crippen LogP contribution >= 0.6 is 0 Å². The van der Waals surface area contributed by atoms with Crippen LogP contribution < -0.4 is 19.3 Å². The fourth-order valence-corrected chi connectivity index (χ4v) is 8.34. The lowest BCUT2D eigenvalue weighted by atomic mass is 9.99. The van der Waals surface area contributed by atoms with Crippen molar-refractivity contribution >= 4 is 34.1 Å².